The van der Waals surface area contributed by atoms with Gasteiger partial charge in [0.15, 0.2) is 0 Å². The van der Waals surface area contributed by atoms with Crippen molar-refractivity contribution in [3.05, 3.63) is 0 Å². The van der Waals surface area contributed by atoms with Gasteiger partial charge >= 0.3 is 5.97 Å². The minimum atomic E-state index is -0.625. The van der Waals surface area contributed by atoms with Gasteiger partial charge in [-0.2, -0.15) is 0 Å². The van der Waals surface area contributed by atoms with Gasteiger partial charge in [0.1, 0.15) is 11.8 Å². The van der Waals surface area contributed by atoms with Crippen LogP contribution in [0.25, 0.3) is 0 Å². The summed E-state index contributed by atoms with van der Waals surface area (Å²) in [6, 6.07) is -0.625. The summed E-state index contributed by atoms with van der Waals surface area (Å²) < 4.78 is 4.70. The number of amides is 1. The smallest absolute Gasteiger partial charge is 0.328 e. The largest absolute Gasteiger partial charge is 0.467 e. The molecule has 1 saturated carbocycles. The van der Waals surface area contributed by atoms with E-state index in [9.17, 15) is 14.4 Å². The summed E-state index contributed by atoms with van der Waals surface area (Å²) in [4.78, 5) is 34.2. The van der Waals surface area contributed by atoms with E-state index >= 15 is 0 Å². The Kier molecular flexibility index (Phi) is 4.71. The van der Waals surface area contributed by atoms with Gasteiger partial charge in [-0.3, -0.25) is 9.59 Å². The van der Waals surface area contributed by atoms with E-state index in [0.717, 1.165) is 6.42 Å². The molecule has 1 N–H and O–H groups in total. The zero-order valence-electron chi connectivity index (χ0n) is 12.3. The Labute approximate surface area is 114 Å². The topological polar surface area (TPSA) is 72.5 Å². The summed E-state index contributed by atoms with van der Waals surface area (Å²) in [6.45, 7) is 7.05. The number of nitrogens with one attached hydrogen (secondary N) is 1. The molecule has 0 bridgehead atoms. The second kappa shape index (κ2) is 5.72. The first-order valence-corrected chi connectivity index (χ1v) is 6.55. The standard InChI is InChI=1S/C14H23NO4/c1-8(16)11-6-10(14(11,3)4)7-12(13(18)19-5)15-9(2)17/h10-12H,6-7H2,1-5H3,(H,15,17)/t10-,11+,12-/m1/s1. The van der Waals surface area contributed by atoms with Gasteiger partial charge in [-0.15, -0.1) is 0 Å². The monoisotopic (exact) mass is 269 g/mol. The van der Waals surface area contributed by atoms with Crippen molar-refractivity contribution < 1.29 is 19.1 Å². The molecule has 1 rings (SSSR count). The van der Waals surface area contributed by atoms with Gasteiger partial charge in [-0.05, 0) is 31.1 Å². The molecule has 0 aliphatic heterocycles. The Balaban J connectivity index is 2.69. The predicted octanol–water partition coefficient (Wildman–Crippen LogP) is 1.31. The number of ether oxygens (including phenoxy) is 1. The van der Waals surface area contributed by atoms with Crippen molar-refractivity contribution in [1.82, 2.24) is 5.32 Å². The molecule has 3 atom stereocenters. The van der Waals surface area contributed by atoms with Gasteiger partial charge in [-0.25, -0.2) is 4.79 Å². The summed E-state index contributed by atoms with van der Waals surface area (Å²) >= 11 is 0. The van der Waals surface area contributed by atoms with Crippen LogP contribution in [-0.4, -0.2) is 30.8 Å². The predicted molar refractivity (Wildman–Crippen MR) is 70.3 cm³/mol. The second-order valence-corrected chi connectivity index (χ2v) is 5.93. The van der Waals surface area contributed by atoms with Crippen LogP contribution < -0.4 is 5.32 Å². The summed E-state index contributed by atoms with van der Waals surface area (Å²) in [5.74, 6) is -0.214. The highest BCUT2D eigenvalue weighted by Gasteiger charge is 2.51. The number of Topliss-reactive ketones (excluding diaryl/α,β-unsaturated/α-hetero) is 1. The first kappa shape index (κ1) is 15.7. The maximum absolute atomic E-state index is 11.6. The van der Waals surface area contributed by atoms with Crippen LogP contribution in [0.3, 0.4) is 0 Å². The number of ketones is 1. The van der Waals surface area contributed by atoms with Gasteiger partial charge in [0.2, 0.25) is 5.91 Å². The maximum atomic E-state index is 11.6. The van der Waals surface area contributed by atoms with Crippen molar-refractivity contribution in [1.29, 1.82) is 0 Å². The lowest BCUT2D eigenvalue weighted by Crippen LogP contribution is -2.52. The minimum Gasteiger partial charge on any atom is -0.467 e. The molecule has 1 aliphatic rings. The van der Waals surface area contributed by atoms with Gasteiger partial charge in [0, 0.05) is 12.8 Å². The number of hydrogen-bond donors (Lipinski definition) is 1. The molecule has 1 aliphatic carbocycles. The summed E-state index contributed by atoms with van der Waals surface area (Å²) in [5, 5.41) is 2.61. The van der Waals surface area contributed by atoms with Crippen molar-refractivity contribution >= 4 is 17.7 Å². The van der Waals surface area contributed by atoms with E-state index in [4.69, 9.17) is 4.74 Å². The van der Waals surface area contributed by atoms with E-state index in [2.05, 4.69) is 5.32 Å². The second-order valence-electron chi connectivity index (χ2n) is 5.93. The number of carbonyl (C=O) groups is 3. The third-order valence-electron chi connectivity index (χ3n) is 4.34. The van der Waals surface area contributed by atoms with Crippen LogP contribution in [0.2, 0.25) is 0 Å². The highest BCUT2D eigenvalue weighted by Crippen LogP contribution is 2.53. The van der Waals surface area contributed by atoms with Crippen LogP contribution in [0.1, 0.15) is 40.5 Å². The molecule has 0 aromatic heterocycles. The number of hydrogen-bond acceptors (Lipinski definition) is 4. The quantitative estimate of drug-likeness (QED) is 0.764. The molecule has 0 aromatic rings. The Morgan fingerprint density at radius 2 is 1.89 bits per heavy atom. The van der Waals surface area contributed by atoms with Crippen LogP contribution in [0.4, 0.5) is 0 Å². The molecule has 0 heterocycles. The summed E-state index contributed by atoms with van der Waals surface area (Å²) in [5.41, 5.74) is -0.128. The molecular weight excluding hydrogens is 246 g/mol. The van der Waals surface area contributed by atoms with Crippen LogP contribution in [0.15, 0.2) is 0 Å². The average molecular weight is 269 g/mol. The molecular formula is C14H23NO4. The van der Waals surface area contributed by atoms with Gasteiger partial charge in [0.05, 0.1) is 7.11 Å². The van der Waals surface area contributed by atoms with E-state index in [1.54, 1.807) is 6.92 Å². The molecule has 19 heavy (non-hydrogen) atoms. The lowest BCUT2D eigenvalue weighted by Gasteiger charge is -2.52. The molecule has 108 valence electrons. The summed E-state index contributed by atoms with van der Waals surface area (Å²) in [7, 11) is 1.31. The van der Waals surface area contributed by atoms with Crippen LogP contribution in [-0.2, 0) is 19.1 Å². The first-order chi connectivity index (χ1) is 8.70. The summed E-state index contributed by atoms with van der Waals surface area (Å²) in [6.07, 6.45) is 1.29. The molecule has 0 saturated heterocycles. The van der Waals surface area contributed by atoms with E-state index in [1.807, 2.05) is 13.8 Å². The van der Waals surface area contributed by atoms with Gasteiger partial charge in [-0.1, -0.05) is 13.8 Å². The first-order valence-electron chi connectivity index (χ1n) is 6.55. The number of rotatable bonds is 5. The highest BCUT2D eigenvalue weighted by molar-refractivity contribution is 5.83. The van der Waals surface area contributed by atoms with Crippen molar-refractivity contribution in [3.63, 3.8) is 0 Å². The Bertz CT molecular complexity index is 389. The normalized spacial score (nSPS) is 25.9. The fourth-order valence-electron chi connectivity index (χ4n) is 2.99. The molecule has 1 fully saturated rings. The zero-order chi connectivity index (χ0) is 14.8. The Morgan fingerprint density at radius 3 is 2.26 bits per heavy atom. The molecule has 0 spiro atoms. The zero-order valence-corrected chi connectivity index (χ0v) is 12.3. The molecule has 0 radical (unpaired) electrons. The van der Waals surface area contributed by atoms with Crippen LogP contribution in [0.5, 0.6) is 0 Å². The molecule has 5 nitrogen and oxygen atoms in total. The van der Waals surface area contributed by atoms with Crippen molar-refractivity contribution in [2.75, 3.05) is 7.11 Å². The SMILES string of the molecule is COC(=O)[C@@H](C[C@H]1C[C@@H](C(C)=O)C1(C)C)NC(C)=O. The maximum Gasteiger partial charge on any atom is 0.328 e. The molecule has 1 amide bonds. The lowest BCUT2D eigenvalue weighted by molar-refractivity contribution is -0.148. The number of esters is 1. The lowest BCUT2D eigenvalue weighted by atomic mass is 9.52. The fourth-order valence-corrected chi connectivity index (χ4v) is 2.99. The van der Waals surface area contributed by atoms with E-state index in [1.165, 1.54) is 14.0 Å². The fraction of sp³-hybridized carbons (Fsp3) is 0.786. The van der Waals surface area contributed by atoms with E-state index in [-0.39, 0.29) is 28.9 Å². The van der Waals surface area contributed by atoms with E-state index < -0.39 is 12.0 Å². The number of carbonyl (C=O) groups excluding carboxylic acids is 3. The molecule has 0 aromatic carbocycles. The van der Waals surface area contributed by atoms with E-state index in [0.29, 0.717) is 6.42 Å². The van der Waals surface area contributed by atoms with Crippen molar-refractivity contribution in [2.45, 2.75) is 46.6 Å². The minimum absolute atomic E-state index is 0.0492. The third-order valence-corrected chi connectivity index (χ3v) is 4.34. The molecule has 5 heteroatoms. The van der Waals surface area contributed by atoms with Crippen molar-refractivity contribution in [3.8, 4) is 0 Å². The van der Waals surface area contributed by atoms with Gasteiger partial charge < -0.3 is 10.1 Å². The van der Waals surface area contributed by atoms with Gasteiger partial charge in [0.25, 0.3) is 0 Å². The number of methoxy groups -OCH3 is 1. The Morgan fingerprint density at radius 1 is 1.32 bits per heavy atom. The van der Waals surface area contributed by atoms with Crippen molar-refractivity contribution in [2.24, 2.45) is 17.3 Å². The molecule has 0 unspecified atom stereocenters. The Hall–Kier alpha value is -1.39. The highest BCUT2D eigenvalue weighted by atomic mass is 16.5. The average Bonchev–Trinajstić information content (AvgIpc) is 2.30. The van der Waals surface area contributed by atoms with Crippen LogP contribution in [0, 0.1) is 17.3 Å². The third kappa shape index (κ3) is 3.33. The van der Waals surface area contributed by atoms with Crippen LogP contribution >= 0.6 is 0 Å².